The largest absolute Gasteiger partial charge is 0.465 e. The number of benzene rings is 1. The van der Waals surface area contributed by atoms with Crippen LogP contribution in [0, 0.1) is 0 Å². The van der Waals surface area contributed by atoms with Crippen molar-refractivity contribution in [2.24, 2.45) is 0 Å². The van der Waals surface area contributed by atoms with E-state index in [2.05, 4.69) is 9.47 Å². The molecule has 0 saturated carbocycles. The quantitative estimate of drug-likeness (QED) is 0.470. The van der Waals surface area contributed by atoms with E-state index in [1.165, 1.54) is 5.32 Å². The maximum Gasteiger partial charge on any atom is 0.410 e. The third kappa shape index (κ3) is 4.36. The van der Waals surface area contributed by atoms with Gasteiger partial charge in [-0.1, -0.05) is 30.3 Å². The lowest BCUT2D eigenvalue weighted by atomic mass is 10.2. The number of hydrogen-bond acceptors (Lipinski definition) is 5. The summed E-state index contributed by atoms with van der Waals surface area (Å²) < 4.78 is 35.1. The first kappa shape index (κ1) is 17.3. The molecule has 2 N–H and O–H groups in total. The zero-order valence-corrected chi connectivity index (χ0v) is 12.4. The van der Waals surface area contributed by atoms with E-state index in [0.29, 0.717) is 5.56 Å². The van der Waals surface area contributed by atoms with Crippen LogP contribution < -0.4 is 5.32 Å². The number of halogens is 3. The number of methoxy groups -OCH3 is 1. The minimum atomic E-state index is -4.15. The Hall–Kier alpha value is -1.74. The molecule has 1 unspecified atom stereocenters. The van der Waals surface area contributed by atoms with E-state index in [-0.39, 0.29) is 6.61 Å². The summed E-state index contributed by atoms with van der Waals surface area (Å²) in [6, 6.07) is 8.39. The average molecular weight is 368 g/mol. The molecule has 0 aliphatic carbocycles. The van der Waals surface area contributed by atoms with Gasteiger partial charge in [0.1, 0.15) is 6.61 Å². The first-order valence-electron chi connectivity index (χ1n) is 5.57. The summed E-state index contributed by atoms with van der Waals surface area (Å²) in [5, 5.41) is 11.0. The van der Waals surface area contributed by atoms with Crippen LogP contribution in [0.25, 0.3) is 0 Å². The molecule has 1 amide bonds. The van der Waals surface area contributed by atoms with Gasteiger partial charge in [0.25, 0.3) is 0 Å². The zero-order valence-electron chi connectivity index (χ0n) is 10.8. The standard InChI is InChI=1S/C12H12BrF2NO5/c1-20-9(17)11(19,12(13,14)15)16-10(18)21-7-8-5-3-2-4-6-8/h2-6,19H,7H2,1H3,(H,16,18). The third-order valence-electron chi connectivity index (χ3n) is 2.39. The lowest BCUT2D eigenvalue weighted by Gasteiger charge is -2.29. The van der Waals surface area contributed by atoms with E-state index in [4.69, 9.17) is 0 Å². The molecular formula is C12H12BrF2NO5. The number of alkyl halides is 3. The summed E-state index contributed by atoms with van der Waals surface area (Å²) in [5.74, 6) is -1.75. The van der Waals surface area contributed by atoms with Crippen LogP contribution in [0.5, 0.6) is 0 Å². The molecular weight excluding hydrogens is 356 g/mol. The second-order valence-electron chi connectivity index (χ2n) is 3.89. The van der Waals surface area contributed by atoms with Crippen LogP contribution >= 0.6 is 15.9 Å². The SMILES string of the molecule is COC(=O)C(O)(NC(=O)OCc1ccccc1)C(F)(F)Br. The highest BCUT2D eigenvalue weighted by atomic mass is 79.9. The smallest absolute Gasteiger partial charge is 0.410 e. The predicted octanol–water partition coefficient (Wildman–Crippen LogP) is 1.76. The van der Waals surface area contributed by atoms with Crippen LogP contribution in [0.4, 0.5) is 13.6 Å². The first-order valence-corrected chi connectivity index (χ1v) is 6.36. The van der Waals surface area contributed by atoms with Gasteiger partial charge in [0.05, 0.1) is 7.11 Å². The molecule has 1 aromatic carbocycles. The first-order chi connectivity index (χ1) is 9.70. The highest BCUT2D eigenvalue weighted by molar-refractivity contribution is 9.10. The van der Waals surface area contributed by atoms with E-state index in [1.54, 1.807) is 30.3 Å². The normalized spacial score (nSPS) is 14.0. The van der Waals surface area contributed by atoms with Crippen molar-refractivity contribution in [1.29, 1.82) is 0 Å². The maximum atomic E-state index is 13.2. The van der Waals surface area contributed by atoms with Crippen LogP contribution in [0.15, 0.2) is 30.3 Å². The summed E-state index contributed by atoms with van der Waals surface area (Å²) >= 11 is 1.81. The highest BCUT2D eigenvalue weighted by Crippen LogP contribution is 2.34. The Bertz CT molecular complexity index is 508. The molecule has 0 fully saturated rings. The molecule has 116 valence electrons. The average Bonchev–Trinajstić information content (AvgIpc) is 2.44. The summed E-state index contributed by atoms with van der Waals surface area (Å²) in [4.78, 5) is 18.5. The van der Waals surface area contributed by atoms with Crippen molar-refractivity contribution in [3.05, 3.63) is 35.9 Å². The van der Waals surface area contributed by atoms with Crippen molar-refractivity contribution in [3.63, 3.8) is 0 Å². The van der Waals surface area contributed by atoms with Crippen molar-refractivity contribution >= 4 is 28.0 Å². The second-order valence-corrected chi connectivity index (χ2v) is 4.88. The van der Waals surface area contributed by atoms with Gasteiger partial charge in [0.2, 0.25) is 0 Å². The van der Waals surface area contributed by atoms with Crippen LogP contribution in [-0.2, 0) is 20.9 Å². The van der Waals surface area contributed by atoms with E-state index in [0.717, 1.165) is 7.11 Å². The van der Waals surface area contributed by atoms with E-state index >= 15 is 0 Å². The number of hydrogen-bond donors (Lipinski definition) is 2. The molecule has 0 spiro atoms. The summed E-state index contributed by atoms with van der Waals surface area (Å²) in [6.07, 6.45) is -1.41. The van der Waals surface area contributed by atoms with Gasteiger partial charge >= 0.3 is 22.6 Å². The molecule has 0 heterocycles. The molecule has 21 heavy (non-hydrogen) atoms. The van der Waals surface area contributed by atoms with Gasteiger partial charge in [0, 0.05) is 0 Å². The molecule has 1 rings (SSSR count). The molecule has 0 saturated heterocycles. The van der Waals surface area contributed by atoms with Crippen LogP contribution in [0.2, 0.25) is 0 Å². The fourth-order valence-electron chi connectivity index (χ4n) is 1.29. The van der Waals surface area contributed by atoms with E-state index in [1.807, 2.05) is 15.9 Å². The summed E-state index contributed by atoms with van der Waals surface area (Å²) in [7, 11) is 0.781. The maximum absolute atomic E-state index is 13.2. The Balaban J connectivity index is 2.72. The summed E-state index contributed by atoms with van der Waals surface area (Å²) in [6.45, 7) is -0.224. The number of esters is 1. The number of carbonyl (C=O) groups is 2. The fourth-order valence-corrected chi connectivity index (χ4v) is 1.55. The molecule has 0 bridgehead atoms. The van der Waals surface area contributed by atoms with Crippen molar-refractivity contribution in [2.45, 2.75) is 17.2 Å². The molecule has 0 aromatic heterocycles. The topological polar surface area (TPSA) is 84.9 Å². The van der Waals surface area contributed by atoms with Crippen molar-refractivity contribution in [3.8, 4) is 0 Å². The van der Waals surface area contributed by atoms with Gasteiger partial charge in [-0.05, 0) is 21.5 Å². The molecule has 9 heteroatoms. The van der Waals surface area contributed by atoms with Crippen LogP contribution in [0.1, 0.15) is 5.56 Å². The lowest BCUT2D eigenvalue weighted by Crippen LogP contribution is -2.63. The zero-order chi connectivity index (χ0) is 16.1. The van der Waals surface area contributed by atoms with Crippen molar-refractivity contribution < 1.29 is 33.0 Å². The van der Waals surface area contributed by atoms with E-state index < -0.39 is 22.6 Å². The van der Waals surface area contributed by atoms with Gasteiger partial charge in [-0.2, -0.15) is 8.78 Å². The molecule has 0 aliphatic rings. The van der Waals surface area contributed by atoms with Gasteiger partial charge in [-0.3, -0.25) is 5.32 Å². The van der Waals surface area contributed by atoms with Crippen molar-refractivity contribution in [1.82, 2.24) is 5.32 Å². The lowest BCUT2D eigenvalue weighted by molar-refractivity contribution is -0.190. The number of nitrogens with one attached hydrogen (secondary N) is 1. The number of rotatable bonds is 5. The Kier molecular flexibility index (Phi) is 5.62. The minimum absolute atomic E-state index is 0.224. The fraction of sp³-hybridized carbons (Fsp3) is 0.333. The Morgan fingerprint density at radius 1 is 1.33 bits per heavy atom. The van der Waals surface area contributed by atoms with Crippen LogP contribution in [-0.4, -0.2) is 34.8 Å². The van der Waals surface area contributed by atoms with Gasteiger partial charge in [0.15, 0.2) is 0 Å². The highest BCUT2D eigenvalue weighted by Gasteiger charge is 2.60. The van der Waals surface area contributed by atoms with Crippen molar-refractivity contribution in [2.75, 3.05) is 7.11 Å². The van der Waals surface area contributed by atoms with Gasteiger partial charge in [-0.15, -0.1) is 0 Å². The Morgan fingerprint density at radius 3 is 2.38 bits per heavy atom. The molecule has 1 aromatic rings. The second kappa shape index (κ2) is 6.81. The molecule has 1 atom stereocenters. The summed E-state index contributed by atoms with van der Waals surface area (Å²) in [5.41, 5.74) is -2.99. The molecule has 0 radical (unpaired) electrons. The van der Waals surface area contributed by atoms with Gasteiger partial charge in [-0.25, -0.2) is 9.59 Å². The number of ether oxygens (including phenoxy) is 2. The van der Waals surface area contributed by atoms with Crippen LogP contribution in [0.3, 0.4) is 0 Å². The van der Waals surface area contributed by atoms with Gasteiger partial charge < -0.3 is 14.6 Å². The minimum Gasteiger partial charge on any atom is -0.465 e. The monoisotopic (exact) mass is 367 g/mol. The third-order valence-corrected chi connectivity index (χ3v) is 2.96. The number of carbonyl (C=O) groups excluding carboxylic acids is 2. The molecule has 6 nitrogen and oxygen atoms in total. The van der Waals surface area contributed by atoms with E-state index in [9.17, 15) is 23.5 Å². The predicted molar refractivity (Wildman–Crippen MR) is 70.6 cm³/mol. The number of alkyl carbamates (subject to hydrolysis) is 1. The Labute approximate surface area is 127 Å². The Morgan fingerprint density at radius 2 is 1.90 bits per heavy atom. The molecule has 0 aliphatic heterocycles. The number of amides is 1. The number of aliphatic hydroxyl groups is 1.